The number of H-pyrrole nitrogens is 2. The van der Waals surface area contributed by atoms with E-state index in [1.54, 1.807) is 0 Å². The number of nitrogens with two attached hydrogens (primary N) is 1. The molecule has 1 aromatic heterocycles. The van der Waals surface area contributed by atoms with E-state index in [1.165, 1.54) is 0 Å². The lowest BCUT2D eigenvalue weighted by Crippen LogP contribution is -2.13. The van der Waals surface area contributed by atoms with E-state index < -0.39 is 0 Å². The van der Waals surface area contributed by atoms with Crippen molar-refractivity contribution >= 4 is 27.0 Å². The summed E-state index contributed by atoms with van der Waals surface area (Å²) in [5, 5.41) is 0. The van der Waals surface area contributed by atoms with Crippen LogP contribution in [0.5, 0.6) is 0 Å². The van der Waals surface area contributed by atoms with Crippen LogP contribution in [0.2, 0.25) is 0 Å². The predicted molar refractivity (Wildman–Crippen MR) is 83.8 cm³/mol. The minimum atomic E-state index is -0.227. The first-order valence-electron chi connectivity index (χ1n) is 6.29. The van der Waals surface area contributed by atoms with Gasteiger partial charge >= 0.3 is 5.69 Å². The van der Waals surface area contributed by atoms with Gasteiger partial charge in [0.25, 0.3) is 0 Å². The van der Waals surface area contributed by atoms with Crippen LogP contribution in [-0.4, -0.2) is 9.97 Å². The van der Waals surface area contributed by atoms with Crippen LogP contribution in [0.15, 0.2) is 45.7 Å². The summed E-state index contributed by atoms with van der Waals surface area (Å²) in [5.74, 6) is 0. The van der Waals surface area contributed by atoms with Gasteiger partial charge in [-0.15, -0.1) is 0 Å². The lowest BCUT2D eigenvalue weighted by atomic mass is 9.95. The number of imidazole rings is 1. The number of aromatic nitrogens is 2. The van der Waals surface area contributed by atoms with Crippen molar-refractivity contribution in [3.63, 3.8) is 0 Å². The number of benzene rings is 2. The van der Waals surface area contributed by atoms with E-state index in [2.05, 4.69) is 25.9 Å². The van der Waals surface area contributed by atoms with Gasteiger partial charge in [0.1, 0.15) is 0 Å². The largest absolute Gasteiger partial charge is 0.323 e. The molecular weight excluding hydrogens is 318 g/mol. The summed E-state index contributed by atoms with van der Waals surface area (Å²) in [7, 11) is 0. The molecule has 1 atom stereocenters. The molecule has 102 valence electrons. The fraction of sp³-hybridized carbons (Fsp3) is 0.133. The maximum atomic E-state index is 11.3. The molecule has 0 aliphatic heterocycles. The van der Waals surface area contributed by atoms with Gasteiger partial charge in [-0.1, -0.05) is 34.1 Å². The molecule has 0 amide bonds. The molecule has 3 aromatic rings. The Morgan fingerprint density at radius 2 is 1.90 bits per heavy atom. The zero-order valence-electron chi connectivity index (χ0n) is 10.9. The van der Waals surface area contributed by atoms with E-state index in [1.807, 2.05) is 43.3 Å². The van der Waals surface area contributed by atoms with Crippen molar-refractivity contribution in [2.24, 2.45) is 5.73 Å². The van der Waals surface area contributed by atoms with Crippen molar-refractivity contribution in [2.75, 3.05) is 0 Å². The molecule has 2 aromatic carbocycles. The molecule has 0 bridgehead atoms. The fourth-order valence-electron chi connectivity index (χ4n) is 2.38. The Balaban J connectivity index is 2.09. The lowest BCUT2D eigenvalue weighted by molar-refractivity contribution is 0.861. The Bertz CT molecular complexity index is 834. The van der Waals surface area contributed by atoms with E-state index in [0.29, 0.717) is 0 Å². The molecule has 4 nitrogen and oxygen atoms in total. The molecule has 5 heteroatoms. The average Bonchev–Trinajstić information content (AvgIpc) is 2.80. The molecule has 20 heavy (non-hydrogen) atoms. The van der Waals surface area contributed by atoms with Crippen LogP contribution >= 0.6 is 15.9 Å². The van der Waals surface area contributed by atoms with Crippen LogP contribution in [-0.2, 0) is 0 Å². The van der Waals surface area contributed by atoms with Crippen molar-refractivity contribution in [3.05, 3.63) is 68.0 Å². The Labute approximate surface area is 124 Å². The van der Waals surface area contributed by atoms with Gasteiger partial charge in [-0.3, -0.25) is 0 Å². The van der Waals surface area contributed by atoms with Crippen molar-refractivity contribution in [1.82, 2.24) is 9.97 Å². The highest BCUT2D eigenvalue weighted by atomic mass is 79.9. The quantitative estimate of drug-likeness (QED) is 0.675. The normalized spacial score (nSPS) is 12.8. The van der Waals surface area contributed by atoms with Gasteiger partial charge in [0.2, 0.25) is 0 Å². The molecule has 3 rings (SSSR count). The van der Waals surface area contributed by atoms with Gasteiger partial charge in [-0.2, -0.15) is 0 Å². The molecule has 4 N–H and O–H groups in total. The SMILES string of the molecule is Cc1c(Br)cccc1C(N)c1ccc2[nH]c(=O)[nH]c2c1. The van der Waals surface area contributed by atoms with E-state index in [9.17, 15) is 4.79 Å². The van der Waals surface area contributed by atoms with Crippen molar-refractivity contribution in [1.29, 1.82) is 0 Å². The molecular formula is C15H14BrN3O. The highest BCUT2D eigenvalue weighted by Crippen LogP contribution is 2.28. The second kappa shape index (κ2) is 4.92. The molecule has 0 aliphatic carbocycles. The first kappa shape index (κ1) is 13.1. The maximum absolute atomic E-state index is 11.3. The number of rotatable bonds is 2. The van der Waals surface area contributed by atoms with Gasteiger partial charge in [-0.05, 0) is 41.8 Å². The highest BCUT2D eigenvalue weighted by molar-refractivity contribution is 9.10. The van der Waals surface area contributed by atoms with Gasteiger partial charge in [0.15, 0.2) is 0 Å². The molecule has 0 saturated carbocycles. The number of hydrogen-bond acceptors (Lipinski definition) is 2. The zero-order valence-corrected chi connectivity index (χ0v) is 12.5. The van der Waals surface area contributed by atoms with E-state index in [4.69, 9.17) is 5.73 Å². The third-order valence-electron chi connectivity index (χ3n) is 3.54. The highest BCUT2D eigenvalue weighted by Gasteiger charge is 2.13. The topological polar surface area (TPSA) is 74.7 Å². The molecule has 1 unspecified atom stereocenters. The van der Waals surface area contributed by atoms with Crippen LogP contribution in [0.1, 0.15) is 22.7 Å². The molecule has 0 aliphatic rings. The number of fused-ring (bicyclic) bond motifs is 1. The van der Waals surface area contributed by atoms with Crippen LogP contribution in [0.25, 0.3) is 11.0 Å². The van der Waals surface area contributed by atoms with Crippen molar-refractivity contribution in [2.45, 2.75) is 13.0 Å². The Morgan fingerprint density at radius 1 is 1.15 bits per heavy atom. The number of aromatic amines is 2. The summed E-state index contributed by atoms with van der Waals surface area (Å²) < 4.78 is 1.04. The second-order valence-corrected chi connectivity index (χ2v) is 5.67. The van der Waals surface area contributed by atoms with Gasteiger partial charge in [0.05, 0.1) is 17.1 Å². The summed E-state index contributed by atoms with van der Waals surface area (Å²) in [6.45, 7) is 2.04. The molecule has 0 fully saturated rings. The van der Waals surface area contributed by atoms with Crippen molar-refractivity contribution < 1.29 is 0 Å². The van der Waals surface area contributed by atoms with Gasteiger partial charge < -0.3 is 15.7 Å². The third-order valence-corrected chi connectivity index (χ3v) is 4.40. The summed E-state index contributed by atoms with van der Waals surface area (Å²) in [6.07, 6.45) is 0. The van der Waals surface area contributed by atoms with E-state index in [0.717, 1.165) is 32.2 Å². The van der Waals surface area contributed by atoms with Crippen LogP contribution < -0.4 is 11.4 Å². The first-order chi connectivity index (χ1) is 9.56. The summed E-state index contributed by atoms with van der Waals surface area (Å²) >= 11 is 3.52. The number of halogens is 1. The summed E-state index contributed by atoms with van der Waals surface area (Å²) in [4.78, 5) is 16.8. The van der Waals surface area contributed by atoms with Crippen LogP contribution in [0.4, 0.5) is 0 Å². The van der Waals surface area contributed by atoms with Gasteiger partial charge in [-0.25, -0.2) is 4.79 Å². The van der Waals surface area contributed by atoms with Crippen LogP contribution in [0.3, 0.4) is 0 Å². The Kier molecular flexibility index (Phi) is 3.23. The standard InChI is InChI=1S/C15H14BrN3O/c1-8-10(3-2-4-11(8)16)14(17)9-5-6-12-13(7-9)19-15(20)18-12/h2-7,14H,17H2,1H3,(H2,18,19,20). The third kappa shape index (κ3) is 2.19. The van der Waals surface area contributed by atoms with Crippen LogP contribution in [0, 0.1) is 6.92 Å². The second-order valence-electron chi connectivity index (χ2n) is 4.82. The predicted octanol–water partition coefficient (Wildman–Crippen LogP) is 2.98. The molecule has 1 heterocycles. The van der Waals surface area contributed by atoms with Gasteiger partial charge in [0, 0.05) is 4.47 Å². The van der Waals surface area contributed by atoms with E-state index >= 15 is 0 Å². The number of hydrogen-bond donors (Lipinski definition) is 3. The first-order valence-corrected chi connectivity index (χ1v) is 7.08. The Morgan fingerprint density at radius 3 is 2.70 bits per heavy atom. The monoisotopic (exact) mass is 331 g/mol. The molecule has 0 spiro atoms. The number of nitrogens with one attached hydrogen (secondary N) is 2. The lowest BCUT2D eigenvalue weighted by Gasteiger charge is -2.16. The average molecular weight is 332 g/mol. The van der Waals surface area contributed by atoms with E-state index in [-0.39, 0.29) is 11.7 Å². The molecule has 0 saturated heterocycles. The zero-order chi connectivity index (χ0) is 14.3. The fourth-order valence-corrected chi connectivity index (χ4v) is 2.77. The minimum Gasteiger partial charge on any atom is -0.320 e. The maximum Gasteiger partial charge on any atom is 0.323 e. The minimum absolute atomic E-state index is 0.204. The smallest absolute Gasteiger partial charge is 0.320 e. The summed E-state index contributed by atoms with van der Waals surface area (Å²) in [5.41, 5.74) is 10.9. The van der Waals surface area contributed by atoms with Crippen molar-refractivity contribution in [3.8, 4) is 0 Å². The Hall–Kier alpha value is -1.85. The summed E-state index contributed by atoms with van der Waals surface area (Å²) in [6, 6.07) is 11.5. The molecule has 0 radical (unpaired) electrons.